The van der Waals surface area contributed by atoms with Gasteiger partial charge in [0.25, 0.3) is 0 Å². The van der Waals surface area contributed by atoms with Crippen molar-refractivity contribution in [3.8, 4) is 0 Å². The Morgan fingerprint density at radius 3 is 2.50 bits per heavy atom. The van der Waals surface area contributed by atoms with E-state index in [0.29, 0.717) is 13.2 Å². The van der Waals surface area contributed by atoms with Crippen molar-refractivity contribution in [2.24, 2.45) is 12.8 Å². The first kappa shape index (κ1) is 15.1. The first-order valence-corrected chi connectivity index (χ1v) is 6.29. The maximum Gasteiger partial charge on any atom is 0.100 e. The highest BCUT2D eigenvalue weighted by molar-refractivity contribution is 5.10. The number of nitrogens with two attached hydrogens (primary N) is 1. The zero-order valence-corrected chi connectivity index (χ0v) is 12.0. The van der Waals surface area contributed by atoms with Gasteiger partial charge in [-0.25, -0.2) is 0 Å². The molecule has 1 heterocycles. The summed E-state index contributed by atoms with van der Waals surface area (Å²) in [6, 6.07) is -0.0798. The van der Waals surface area contributed by atoms with Gasteiger partial charge in [-0.2, -0.15) is 5.10 Å². The molecule has 0 fully saturated rings. The first-order valence-electron chi connectivity index (χ1n) is 6.29. The Hall–Kier alpha value is -0.910. The third-order valence-electron chi connectivity index (χ3n) is 2.45. The molecular formula is C13H25N3O2. The van der Waals surface area contributed by atoms with Crippen molar-refractivity contribution in [2.45, 2.75) is 45.4 Å². The van der Waals surface area contributed by atoms with Crippen molar-refractivity contribution in [1.29, 1.82) is 0 Å². The van der Waals surface area contributed by atoms with Gasteiger partial charge in [0, 0.05) is 24.8 Å². The molecule has 5 nitrogen and oxygen atoms in total. The van der Waals surface area contributed by atoms with Gasteiger partial charge in [0.1, 0.15) is 6.10 Å². The van der Waals surface area contributed by atoms with Gasteiger partial charge in [0.05, 0.1) is 25.0 Å². The van der Waals surface area contributed by atoms with E-state index in [1.807, 2.05) is 40.9 Å². The molecule has 0 bridgehead atoms. The van der Waals surface area contributed by atoms with E-state index in [9.17, 15) is 0 Å². The fraction of sp³-hybridized carbons (Fsp3) is 0.769. The van der Waals surface area contributed by atoms with E-state index < -0.39 is 0 Å². The van der Waals surface area contributed by atoms with Crippen LogP contribution in [0.2, 0.25) is 0 Å². The summed E-state index contributed by atoms with van der Waals surface area (Å²) in [6.45, 7) is 9.10. The molecule has 5 heteroatoms. The Balaban J connectivity index is 2.45. The van der Waals surface area contributed by atoms with Crippen LogP contribution in [0, 0.1) is 0 Å². The quantitative estimate of drug-likeness (QED) is 0.785. The lowest BCUT2D eigenvalue weighted by Gasteiger charge is -2.23. The fourth-order valence-electron chi connectivity index (χ4n) is 1.66. The van der Waals surface area contributed by atoms with Gasteiger partial charge in [-0.3, -0.25) is 4.68 Å². The van der Waals surface area contributed by atoms with Crippen molar-refractivity contribution in [3.05, 3.63) is 18.0 Å². The monoisotopic (exact) mass is 255 g/mol. The molecule has 2 N–H and O–H groups in total. The Kier molecular flexibility index (Phi) is 5.31. The lowest BCUT2D eigenvalue weighted by molar-refractivity contribution is -0.0558. The Morgan fingerprint density at radius 2 is 2.06 bits per heavy atom. The van der Waals surface area contributed by atoms with E-state index >= 15 is 0 Å². The zero-order chi connectivity index (χ0) is 13.8. The highest BCUT2D eigenvalue weighted by Gasteiger charge is 2.19. The van der Waals surface area contributed by atoms with Crippen LogP contribution >= 0.6 is 0 Å². The molecule has 0 aliphatic heterocycles. The maximum atomic E-state index is 5.94. The lowest BCUT2D eigenvalue weighted by Crippen LogP contribution is -2.29. The van der Waals surface area contributed by atoms with E-state index in [1.165, 1.54) is 0 Å². The van der Waals surface area contributed by atoms with E-state index in [0.717, 1.165) is 5.56 Å². The summed E-state index contributed by atoms with van der Waals surface area (Å²) in [4.78, 5) is 0. The molecule has 0 amide bonds. The van der Waals surface area contributed by atoms with Gasteiger partial charge in [-0.1, -0.05) is 0 Å². The van der Waals surface area contributed by atoms with Crippen molar-refractivity contribution in [1.82, 2.24) is 9.78 Å². The second-order valence-corrected chi connectivity index (χ2v) is 5.56. The van der Waals surface area contributed by atoms with Crippen LogP contribution in [0.4, 0.5) is 0 Å². The average Bonchev–Trinajstić information content (AvgIpc) is 2.62. The van der Waals surface area contributed by atoms with Crippen LogP contribution in [0.25, 0.3) is 0 Å². The van der Waals surface area contributed by atoms with Crippen molar-refractivity contribution >= 4 is 0 Å². The summed E-state index contributed by atoms with van der Waals surface area (Å²) in [5.74, 6) is 0. The first-order chi connectivity index (χ1) is 8.29. The molecule has 104 valence electrons. The van der Waals surface area contributed by atoms with Crippen LogP contribution in [0.15, 0.2) is 12.4 Å². The molecule has 0 spiro atoms. The van der Waals surface area contributed by atoms with Crippen molar-refractivity contribution in [2.75, 3.05) is 13.2 Å². The largest absolute Gasteiger partial charge is 0.373 e. The minimum absolute atomic E-state index is 0.0798. The van der Waals surface area contributed by atoms with Gasteiger partial charge in [0.2, 0.25) is 0 Å². The predicted octanol–water partition coefficient (Wildman–Crippen LogP) is 1.64. The molecule has 1 aromatic heterocycles. The molecule has 1 rings (SSSR count). The molecule has 0 saturated carbocycles. The smallest absolute Gasteiger partial charge is 0.100 e. The lowest BCUT2D eigenvalue weighted by atomic mass is 10.1. The maximum absolute atomic E-state index is 5.94. The molecule has 0 radical (unpaired) electrons. The summed E-state index contributed by atoms with van der Waals surface area (Å²) in [6.07, 6.45) is 3.58. The van der Waals surface area contributed by atoms with Gasteiger partial charge in [-0.15, -0.1) is 0 Å². The van der Waals surface area contributed by atoms with E-state index in [4.69, 9.17) is 15.2 Å². The second-order valence-electron chi connectivity index (χ2n) is 5.56. The topological polar surface area (TPSA) is 62.3 Å². The summed E-state index contributed by atoms with van der Waals surface area (Å²) in [5, 5.41) is 4.14. The minimum atomic E-state index is -0.137. The summed E-state index contributed by atoms with van der Waals surface area (Å²) in [7, 11) is 1.88. The Labute approximate surface area is 109 Å². The molecule has 1 aromatic rings. The molecule has 18 heavy (non-hydrogen) atoms. The molecule has 0 aliphatic carbocycles. The zero-order valence-electron chi connectivity index (χ0n) is 12.0. The highest BCUT2D eigenvalue weighted by atomic mass is 16.5. The van der Waals surface area contributed by atoms with Gasteiger partial charge in [0.15, 0.2) is 0 Å². The van der Waals surface area contributed by atoms with Gasteiger partial charge in [-0.05, 0) is 27.7 Å². The number of aromatic nitrogens is 2. The highest BCUT2D eigenvalue weighted by Crippen LogP contribution is 2.19. The molecule has 2 atom stereocenters. The number of rotatable bonds is 6. The molecular weight excluding hydrogens is 230 g/mol. The van der Waals surface area contributed by atoms with Crippen LogP contribution in [0.5, 0.6) is 0 Å². The molecule has 0 aliphatic rings. The van der Waals surface area contributed by atoms with E-state index in [2.05, 4.69) is 5.10 Å². The summed E-state index contributed by atoms with van der Waals surface area (Å²) < 4.78 is 13.2. The third-order valence-corrected chi connectivity index (χ3v) is 2.45. The fourth-order valence-corrected chi connectivity index (χ4v) is 1.66. The molecule has 0 aromatic carbocycles. The third kappa shape index (κ3) is 5.16. The summed E-state index contributed by atoms with van der Waals surface area (Å²) >= 11 is 0. The van der Waals surface area contributed by atoms with E-state index in [1.54, 1.807) is 10.9 Å². The Bertz CT molecular complexity index is 355. The molecule has 2 unspecified atom stereocenters. The van der Waals surface area contributed by atoms with Crippen LogP contribution in [0.1, 0.15) is 39.4 Å². The Morgan fingerprint density at radius 1 is 1.39 bits per heavy atom. The standard InChI is InChI=1S/C13H25N3O2/c1-10(14)12(11-8-15-16(5)9-11)17-6-7-18-13(2,3)4/h8-10,12H,6-7,14H2,1-5H3. The van der Waals surface area contributed by atoms with Crippen LogP contribution in [-0.2, 0) is 16.5 Å². The number of nitrogens with zero attached hydrogens (tertiary/aromatic N) is 2. The predicted molar refractivity (Wildman–Crippen MR) is 71.3 cm³/mol. The van der Waals surface area contributed by atoms with Gasteiger partial charge >= 0.3 is 0 Å². The number of ether oxygens (including phenoxy) is 2. The summed E-state index contributed by atoms with van der Waals surface area (Å²) in [5.41, 5.74) is 6.81. The number of hydrogen-bond donors (Lipinski definition) is 1. The van der Waals surface area contributed by atoms with Crippen LogP contribution in [0.3, 0.4) is 0 Å². The SMILES string of the molecule is CC(N)C(OCCOC(C)(C)C)c1cnn(C)c1. The van der Waals surface area contributed by atoms with Crippen molar-refractivity contribution < 1.29 is 9.47 Å². The minimum Gasteiger partial charge on any atom is -0.373 e. The van der Waals surface area contributed by atoms with Crippen LogP contribution in [-0.4, -0.2) is 34.6 Å². The van der Waals surface area contributed by atoms with E-state index in [-0.39, 0.29) is 17.7 Å². The average molecular weight is 255 g/mol. The second kappa shape index (κ2) is 6.31. The number of hydrogen-bond acceptors (Lipinski definition) is 4. The van der Waals surface area contributed by atoms with Gasteiger partial charge < -0.3 is 15.2 Å². The van der Waals surface area contributed by atoms with Crippen molar-refractivity contribution in [3.63, 3.8) is 0 Å². The molecule has 0 saturated heterocycles. The van der Waals surface area contributed by atoms with Crippen LogP contribution < -0.4 is 5.73 Å². The normalized spacial score (nSPS) is 15.7. The number of aryl methyl sites for hydroxylation is 1.